The highest BCUT2D eigenvalue weighted by atomic mass is 32.2. The monoisotopic (exact) mass is 334 g/mol. The van der Waals surface area contributed by atoms with Crippen LogP contribution in [0.1, 0.15) is 6.92 Å². The number of thioether (sulfide) groups is 1. The largest absolute Gasteiger partial charge is 0.495 e. The summed E-state index contributed by atoms with van der Waals surface area (Å²) >= 11 is 1.56. The van der Waals surface area contributed by atoms with E-state index in [9.17, 15) is 12.8 Å². The minimum Gasteiger partial charge on any atom is -0.495 e. The van der Waals surface area contributed by atoms with Gasteiger partial charge >= 0.3 is 0 Å². The standard InChI is InChI=1S/C13H19FN2O3S2/c1-3-21(17,18)13-8-20-5-4-16(13)11-7-12(19-2)10(15)6-9(11)14/h6-7,13H,3-5,8,15H2,1-2H3. The average Bonchev–Trinajstić information content (AvgIpc) is 2.47. The van der Waals surface area contributed by atoms with Gasteiger partial charge in [-0.05, 0) is 0 Å². The maximum Gasteiger partial charge on any atom is 0.171 e. The van der Waals surface area contributed by atoms with Crippen LogP contribution in [-0.4, -0.2) is 44.7 Å². The van der Waals surface area contributed by atoms with Crippen LogP contribution in [0.3, 0.4) is 0 Å². The number of nitrogen functional groups attached to an aromatic ring is 1. The van der Waals surface area contributed by atoms with E-state index in [0.717, 1.165) is 5.75 Å². The Morgan fingerprint density at radius 1 is 1.52 bits per heavy atom. The SMILES string of the molecule is CCS(=O)(=O)C1CSCCN1c1cc(OC)c(N)cc1F. The van der Waals surface area contributed by atoms with Gasteiger partial charge in [-0.2, -0.15) is 11.8 Å². The Morgan fingerprint density at radius 2 is 2.24 bits per heavy atom. The molecule has 1 aliphatic rings. The lowest BCUT2D eigenvalue weighted by Crippen LogP contribution is -2.48. The zero-order valence-electron chi connectivity index (χ0n) is 12.0. The number of hydrogen-bond donors (Lipinski definition) is 1. The molecule has 0 amide bonds. The Kier molecular flexibility index (Phi) is 4.88. The zero-order chi connectivity index (χ0) is 15.6. The van der Waals surface area contributed by atoms with Gasteiger partial charge in [-0.3, -0.25) is 0 Å². The highest BCUT2D eigenvalue weighted by molar-refractivity contribution is 8.01. The second-order valence-corrected chi connectivity index (χ2v) is 8.32. The Balaban J connectivity index is 2.47. The second-order valence-electron chi connectivity index (χ2n) is 4.72. The molecule has 1 saturated heterocycles. The number of nitrogens with zero attached hydrogens (tertiary/aromatic N) is 1. The van der Waals surface area contributed by atoms with Crippen molar-refractivity contribution in [2.24, 2.45) is 0 Å². The predicted octanol–water partition coefficient (Wildman–Crippen LogP) is 1.73. The summed E-state index contributed by atoms with van der Waals surface area (Å²) in [5.74, 6) is 1.03. The number of nitrogens with two attached hydrogens (primary N) is 1. The van der Waals surface area contributed by atoms with Gasteiger partial charge in [0.2, 0.25) is 0 Å². The molecule has 0 bridgehead atoms. The van der Waals surface area contributed by atoms with Crippen LogP contribution in [0.4, 0.5) is 15.8 Å². The first-order valence-electron chi connectivity index (χ1n) is 6.59. The minimum atomic E-state index is -3.30. The fourth-order valence-corrected chi connectivity index (χ4v) is 5.28. The van der Waals surface area contributed by atoms with Gasteiger partial charge in [0.25, 0.3) is 0 Å². The third-order valence-electron chi connectivity index (χ3n) is 3.51. The number of ether oxygens (including phenoxy) is 1. The molecule has 0 aliphatic carbocycles. The van der Waals surface area contributed by atoms with Crippen molar-refractivity contribution in [1.29, 1.82) is 0 Å². The van der Waals surface area contributed by atoms with E-state index in [4.69, 9.17) is 10.5 Å². The van der Waals surface area contributed by atoms with Gasteiger partial charge in [0.05, 0.1) is 18.5 Å². The fourth-order valence-electron chi connectivity index (χ4n) is 2.30. The Hall–Kier alpha value is -1.15. The number of sulfone groups is 1. The van der Waals surface area contributed by atoms with Crippen LogP contribution < -0.4 is 15.4 Å². The molecular weight excluding hydrogens is 315 g/mol. The van der Waals surface area contributed by atoms with Crippen molar-refractivity contribution in [3.63, 3.8) is 0 Å². The van der Waals surface area contributed by atoms with E-state index in [-0.39, 0.29) is 17.1 Å². The lowest BCUT2D eigenvalue weighted by molar-refractivity contribution is 0.416. The van der Waals surface area contributed by atoms with Crippen LogP contribution >= 0.6 is 11.8 Å². The Bertz CT molecular complexity index is 622. The van der Waals surface area contributed by atoms with Crippen molar-refractivity contribution >= 4 is 33.0 Å². The van der Waals surface area contributed by atoms with E-state index >= 15 is 0 Å². The molecule has 0 saturated carbocycles. The Labute approximate surface area is 128 Å². The molecule has 2 rings (SSSR count). The summed E-state index contributed by atoms with van der Waals surface area (Å²) in [5.41, 5.74) is 6.09. The molecule has 5 nitrogen and oxygen atoms in total. The summed E-state index contributed by atoms with van der Waals surface area (Å²) < 4.78 is 43.8. The molecule has 0 spiro atoms. The van der Waals surface area contributed by atoms with Crippen molar-refractivity contribution in [2.45, 2.75) is 12.3 Å². The maximum atomic E-state index is 14.2. The van der Waals surface area contributed by atoms with Gasteiger partial charge in [-0.1, -0.05) is 6.92 Å². The molecule has 1 heterocycles. The van der Waals surface area contributed by atoms with Crippen LogP contribution in [0.2, 0.25) is 0 Å². The van der Waals surface area contributed by atoms with E-state index in [2.05, 4.69) is 0 Å². The summed E-state index contributed by atoms with van der Waals surface area (Å²) in [6.07, 6.45) is 0. The lowest BCUT2D eigenvalue weighted by Gasteiger charge is -2.36. The molecule has 1 aromatic rings. The summed E-state index contributed by atoms with van der Waals surface area (Å²) in [7, 11) is -1.85. The molecule has 118 valence electrons. The van der Waals surface area contributed by atoms with Crippen LogP contribution in [0, 0.1) is 5.82 Å². The van der Waals surface area contributed by atoms with Crippen LogP contribution in [0.25, 0.3) is 0 Å². The van der Waals surface area contributed by atoms with Crippen molar-refractivity contribution in [2.75, 3.05) is 41.5 Å². The van der Waals surface area contributed by atoms with Gasteiger partial charge in [0, 0.05) is 35.9 Å². The highest BCUT2D eigenvalue weighted by Crippen LogP contribution is 2.34. The fraction of sp³-hybridized carbons (Fsp3) is 0.538. The quantitative estimate of drug-likeness (QED) is 0.846. The number of halogens is 1. The molecular formula is C13H19FN2O3S2. The third-order valence-corrected chi connectivity index (χ3v) is 6.80. The van der Waals surface area contributed by atoms with Gasteiger partial charge in [-0.15, -0.1) is 0 Å². The van der Waals surface area contributed by atoms with E-state index in [1.165, 1.54) is 19.2 Å². The van der Waals surface area contributed by atoms with E-state index in [1.54, 1.807) is 23.6 Å². The van der Waals surface area contributed by atoms with Gasteiger partial charge in [-0.25, -0.2) is 12.8 Å². The van der Waals surface area contributed by atoms with Gasteiger partial charge in [0.1, 0.15) is 16.9 Å². The zero-order valence-corrected chi connectivity index (χ0v) is 13.6. The third kappa shape index (κ3) is 3.21. The van der Waals surface area contributed by atoms with Crippen LogP contribution in [0.5, 0.6) is 5.75 Å². The maximum absolute atomic E-state index is 14.2. The summed E-state index contributed by atoms with van der Waals surface area (Å²) in [6, 6.07) is 2.64. The van der Waals surface area contributed by atoms with E-state index in [1.807, 2.05) is 0 Å². The van der Waals surface area contributed by atoms with Crippen molar-refractivity contribution in [3.8, 4) is 5.75 Å². The lowest BCUT2D eigenvalue weighted by atomic mass is 10.2. The number of methoxy groups -OCH3 is 1. The van der Waals surface area contributed by atoms with Crippen molar-refractivity contribution in [1.82, 2.24) is 0 Å². The smallest absolute Gasteiger partial charge is 0.171 e. The number of hydrogen-bond acceptors (Lipinski definition) is 6. The average molecular weight is 334 g/mol. The van der Waals surface area contributed by atoms with Crippen LogP contribution in [0.15, 0.2) is 12.1 Å². The first-order chi connectivity index (χ1) is 9.90. The first-order valence-corrected chi connectivity index (χ1v) is 9.46. The van der Waals surface area contributed by atoms with Gasteiger partial charge in [0.15, 0.2) is 9.84 Å². The highest BCUT2D eigenvalue weighted by Gasteiger charge is 2.34. The van der Waals surface area contributed by atoms with Crippen LogP contribution in [-0.2, 0) is 9.84 Å². The molecule has 0 aromatic heterocycles. The predicted molar refractivity (Wildman–Crippen MR) is 85.3 cm³/mol. The second kappa shape index (κ2) is 6.31. The van der Waals surface area contributed by atoms with Gasteiger partial charge < -0.3 is 15.4 Å². The Morgan fingerprint density at radius 3 is 2.86 bits per heavy atom. The first kappa shape index (κ1) is 16.2. The molecule has 1 atom stereocenters. The topological polar surface area (TPSA) is 72.6 Å². The number of anilines is 2. The molecule has 1 fully saturated rings. The molecule has 1 aliphatic heterocycles. The molecule has 1 unspecified atom stereocenters. The van der Waals surface area contributed by atoms with E-state index in [0.29, 0.717) is 18.0 Å². The van der Waals surface area contributed by atoms with Crippen molar-refractivity contribution in [3.05, 3.63) is 17.9 Å². The molecule has 0 radical (unpaired) electrons. The summed E-state index contributed by atoms with van der Waals surface area (Å²) in [6.45, 7) is 2.07. The van der Waals surface area contributed by atoms with E-state index < -0.39 is 21.0 Å². The molecule has 21 heavy (non-hydrogen) atoms. The minimum absolute atomic E-state index is 0.0302. The molecule has 2 N–H and O–H groups in total. The summed E-state index contributed by atoms with van der Waals surface area (Å²) in [4.78, 5) is 1.60. The normalized spacial score (nSPS) is 19.6. The molecule has 1 aromatic carbocycles. The summed E-state index contributed by atoms with van der Waals surface area (Å²) in [5, 5.41) is -0.718. The number of benzene rings is 1. The molecule has 8 heteroatoms. The number of rotatable bonds is 4. The van der Waals surface area contributed by atoms with Crippen molar-refractivity contribution < 1.29 is 17.5 Å².